The second kappa shape index (κ2) is 7.89. The number of hydrogen-bond donors (Lipinski definition) is 1. The number of aromatic nitrogens is 3. The second-order valence-electron chi connectivity index (χ2n) is 6.94. The van der Waals surface area contributed by atoms with Gasteiger partial charge in [0.2, 0.25) is 0 Å². The first-order valence-corrected chi connectivity index (χ1v) is 9.17. The Morgan fingerprint density at radius 3 is 2.76 bits per heavy atom. The Morgan fingerprint density at radius 1 is 1.08 bits per heavy atom. The van der Waals surface area contributed by atoms with E-state index >= 15 is 0 Å². The van der Waals surface area contributed by atoms with E-state index in [0.29, 0.717) is 12.0 Å². The van der Waals surface area contributed by atoms with Gasteiger partial charge in [-0.15, -0.1) is 0 Å². The highest BCUT2D eigenvalue weighted by molar-refractivity contribution is 5.50. The second-order valence-corrected chi connectivity index (χ2v) is 6.94. The first-order valence-electron chi connectivity index (χ1n) is 9.17. The monoisotopic (exact) mass is 339 g/mol. The minimum Gasteiger partial charge on any atom is -0.380 e. The standard InChI is InChI=1S/C19H25N5O/c1-2-7-20-18(3-1)23-19-12-16(21-14-22-19)11-15-4-8-24(9-5-15)17-6-10-25-13-17/h1-3,7,12,14-15,17H,4-6,8-11,13H2,(H,20,21,22,23)/t17-/m1/s1. The number of rotatable bonds is 5. The lowest BCUT2D eigenvalue weighted by molar-refractivity contribution is 0.110. The number of pyridine rings is 1. The van der Waals surface area contributed by atoms with Gasteiger partial charge in [-0.25, -0.2) is 15.0 Å². The lowest BCUT2D eigenvalue weighted by Crippen LogP contribution is -2.42. The van der Waals surface area contributed by atoms with E-state index in [1.807, 2.05) is 24.3 Å². The highest BCUT2D eigenvalue weighted by atomic mass is 16.5. The molecule has 0 aromatic carbocycles. The Morgan fingerprint density at radius 2 is 2.00 bits per heavy atom. The van der Waals surface area contributed by atoms with Crippen LogP contribution in [0.25, 0.3) is 0 Å². The molecule has 0 bridgehead atoms. The van der Waals surface area contributed by atoms with E-state index in [-0.39, 0.29) is 0 Å². The Kier molecular flexibility index (Phi) is 5.18. The van der Waals surface area contributed by atoms with Gasteiger partial charge in [0.15, 0.2) is 0 Å². The van der Waals surface area contributed by atoms with Crippen LogP contribution in [0.4, 0.5) is 11.6 Å². The minimum absolute atomic E-state index is 0.647. The summed E-state index contributed by atoms with van der Waals surface area (Å²) < 4.78 is 5.52. The van der Waals surface area contributed by atoms with E-state index < -0.39 is 0 Å². The van der Waals surface area contributed by atoms with Gasteiger partial charge in [0.25, 0.3) is 0 Å². The van der Waals surface area contributed by atoms with Gasteiger partial charge in [-0.1, -0.05) is 6.07 Å². The van der Waals surface area contributed by atoms with Gasteiger partial charge in [0.05, 0.1) is 6.61 Å². The predicted octanol–water partition coefficient (Wildman–Crippen LogP) is 2.66. The first-order chi connectivity index (χ1) is 12.4. The Hall–Kier alpha value is -2.05. The molecule has 132 valence electrons. The molecule has 0 saturated carbocycles. The molecule has 2 fully saturated rings. The molecular formula is C19H25N5O. The quantitative estimate of drug-likeness (QED) is 0.903. The Labute approximate surface area is 148 Å². The van der Waals surface area contributed by atoms with Crippen molar-refractivity contribution < 1.29 is 4.74 Å². The maximum Gasteiger partial charge on any atom is 0.135 e. The van der Waals surface area contributed by atoms with Crippen LogP contribution in [0, 0.1) is 5.92 Å². The van der Waals surface area contributed by atoms with Gasteiger partial charge in [0.1, 0.15) is 18.0 Å². The van der Waals surface area contributed by atoms with Gasteiger partial charge in [0, 0.05) is 30.6 Å². The summed E-state index contributed by atoms with van der Waals surface area (Å²) in [5, 5.41) is 3.24. The van der Waals surface area contributed by atoms with Crippen molar-refractivity contribution in [2.75, 3.05) is 31.6 Å². The molecule has 25 heavy (non-hydrogen) atoms. The van der Waals surface area contributed by atoms with Gasteiger partial charge >= 0.3 is 0 Å². The number of anilines is 2. The molecule has 1 N–H and O–H groups in total. The SMILES string of the molecule is c1ccc(Nc2cc(CC3CCN([C@@H]4CCOC4)CC3)ncn2)nc1. The van der Waals surface area contributed by atoms with E-state index in [2.05, 4.69) is 25.2 Å². The van der Waals surface area contributed by atoms with Crippen LogP contribution in [0.5, 0.6) is 0 Å². The minimum atomic E-state index is 0.647. The summed E-state index contributed by atoms with van der Waals surface area (Å²) in [5.41, 5.74) is 1.11. The van der Waals surface area contributed by atoms with Crippen LogP contribution in [0.2, 0.25) is 0 Å². The molecule has 2 saturated heterocycles. The third kappa shape index (κ3) is 4.32. The zero-order chi connectivity index (χ0) is 16.9. The summed E-state index contributed by atoms with van der Waals surface area (Å²) in [6.07, 6.45) is 8.11. The van der Waals surface area contributed by atoms with Crippen molar-refractivity contribution in [3.8, 4) is 0 Å². The van der Waals surface area contributed by atoms with Crippen LogP contribution < -0.4 is 5.32 Å². The molecule has 2 aromatic heterocycles. The molecule has 0 aliphatic carbocycles. The van der Waals surface area contributed by atoms with Crippen LogP contribution in [-0.4, -0.2) is 52.2 Å². The van der Waals surface area contributed by atoms with Crippen LogP contribution in [0.1, 0.15) is 25.0 Å². The zero-order valence-corrected chi connectivity index (χ0v) is 14.5. The lowest BCUT2D eigenvalue weighted by Gasteiger charge is -2.35. The number of nitrogens with one attached hydrogen (secondary N) is 1. The van der Waals surface area contributed by atoms with E-state index in [1.54, 1.807) is 12.5 Å². The van der Waals surface area contributed by atoms with Crippen molar-refractivity contribution in [3.05, 3.63) is 42.5 Å². The molecule has 4 rings (SSSR count). The average Bonchev–Trinajstić information content (AvgIpc) is 3.18. The van der Waals surface area contributed by atoms with Crippen molar-refractivity contribution in [3.63, 3.8) is 0 Å². The third-order valence-electron chi connectivity index (χ3n) is 5.21. The molecule has 2 aliphatic rings. The number of hydrogen-bond acceptors (Lipinski definition) is 6. The van der Waals surface area contributed by atoms with Crippen molar-refractivity contribution in [1.82, 2.24) is 19.9 Å². The number of nitrogens with zero attached hydrogens (tertiary/aromatic N) is 4. The highest BCUT2D eigenvalue weighted by Crippen LogP contribution is 2.25. The fourth-order valence-corrected chi connectivity index (χ4v) is 3.77. The smallest absolute Gasteiger partial charge is 0.135 e. The molecule has 0 amide bonds. The molecule has 2 aromatic rings. The lowest BCUT2D eigenvalue weighted by atomic mass is 9.91. The number of piperidine rings is 1. The van der Waals surface area contributed by atoms with E-state index in [1.165, 1.54) is 32.4 Å². The Bertz CT molecular complexity index is 667. The number of likely N-dealkylation sites (tertiary alicyclic amines) is 1. The van der Waals surface area contributed by atoms with E-state index in [9.17, 15) is 0 Å². The van der Waals surface area contributed by atoms with E-state index in [0.717, 1.165) is 37.0 Å². The molecule has 0 radical (unpaired) electrons. The van der Waals surface area contributed by atoms with Gasteiger partial charge in [-0.05, 0) is 56.8 Å². The molecule has 6 nitrogen and oxygen atoms in total. The first kappa shape index (κ1) is 16.4. The normalized spacial score (nSPS) is 22.2. The van der Waals surface area contributed by atoms with Crippen LogP contribution >= 0.6 is 0 Å². The van der Waals surface area contributed by atoms with Crippen molar-refractivity contribution in [2.24, 2.45) is 5.92 Å². The largest absolute Gasteiger partial charge is 0.380 e. The van der Waals surface area contributed by atoms with Crippen LogP contribution in [0.3, 0.4) is 0 Å². The summed E-state index contributed by atoms with van der Waals surface area (Å²) in [7, 11) is 0. The van der Waals surface area contributed by atoms with Gasteiger partial charge < -0.3 is 10.1 Å². The summed E-state index contributed by atoms with van der Waals surface area (Å²) >= 11 is 0. The maximum absolute atomic E-state index is 5.52. The van der Waals surface area contributed by atoms with Crippen molar-refractivity contribution in [1.29, 1.82) is 0 Å². The fourth-order valence-electron chi connectivity index (χ4n) is 3.77. The van der Waals surface area contributed by atoms with E-state index in [4.69, 9.17) is 4.74 Å². The summed E-state index contributed by atoms with van der Waals surface area (Å²) in [4.78, 5) is 15.7. The van der Waals surface area contributed by atoms with Crippen molar-refractivity contribution >= 4 is 11.6 Å². The predicted molar refractivity (Wildman–Crippen MR) is 96.8 cm³/mol. The molecule has 2 aliphatic heterocycles. The third-order valence-corrected chi connectivity index (χ3v) is 5.21. The average molecular weight is 339 g/mol. The number of ether oxygens (including phenoxy) is 1. The molecule has 6 heteroatoms. The Balaban J connectivity index is 1.31. The maximum atomic E-state index is 5.52. The van der Waals surface area contributed by atoms with Crippen molar-refractivity contribution in [2.45, 2.75) is 31.7 Å². The topological polar surface area (TPSA) is 63.2 Å². The highest BCUT2D eigenvalue weighted by Gasteiger charge is 2.27. The summed E-state index contributed by atoms with van der Waals surface area (Å²) in [6.45, 7) is 4.21. The molecule has 0 spiro atoms. The van der Waals surface area contributed by atoms with Crippen LogP contribution in [-0.2, 0) is 11.2 Å². The van der Waals surface area contributed by atoms with Gasteiger partial charge in [-0.2, -0.15) is 0 Å². The fraction of sp³-hybridized carbons (Fsp3) is 0.526. The molecule has 0 unspecified atom stereocenters. The zero-order valence-electron chi connectivity index (χ0n) is 14.5. The van der Waals surface area contributed by atoms with Gasteiger partial charge in [-0.3, -0.25) is 4.90 Å². The molecule has 1 atom stereocenters. The molecular weight excluding hydrogens is 314 g/mol. The summed E-state index contributed by atoms with van der Waals surface area (Å²) in [5.74, 6) is 2.32. The van der Waals surface area contributed by atoms with Crippen LogP contribution in [0.15, 0.2) is 36.8 Å². The molecule has 4 heterocycles. The summed E-state index contributed by atoms with van der Waals surface area (Å²) in [6, 6.07) is 8.49.